The third-order valence-electron chi connectivity index (χ3n) is 2.19. The van der Waals surface area contributed by atoms with Crippen molar-refractivity contribution >= 4 is 21.7 Å². The lowest BCUT2D eigenvalue weighted by molar-refractivity contribution is 0.0943. The number of hydrogen-bond donors (Lipinski definition) is 0. The molecule has 0 heterocycles. The molecule has 0 fully saturated rings. The van der Waals surface area contributed by atoms with Crippen molar-refractivity contribution in [2.24, 2.45) is 5.92 Å². The predicted octanol–water partition coefficient (Wildman–Crippen LogP) is 3.57. The molecule has 1 aromatic carbocycles. The first-order valence-electron chi connectivity index (χ1n) is 4.89. The highest BCUT2D eigenvalue weighted by Crippen LogP contribution is 2.21. The van der Waals surface area contributed by atoms with Crippen molar-refractivity contribution in [3.63, 3.8) is 0 Å². The molecule has 0 bridgehead atoms. The quantitative estimate of drug-likeness (QED) is 0.781. The first-order valence-corrected chi connectivity index (χ1v) is 5.68. The molecule has 0 spiro atoms. The maximum absolute atomic E-state index is 11.9. The van der Waals surface area contributed by atoms with Crippen LogP contribution in [-0.2, 0) is 0 Å². The van der Waals surface area contributed by atoms with E-state index in [0.717, 1.165) is 10.9 Å². The van der Waals surface area contributed by atoms with Gasteiger partial charge >= 0.3 is 0 Å². The highest BCUT2D eigenvalue weighted by molar-refractivity contribution is 9.10. The number of nitriles is 1. The topological polar surface area (TPSA) is 40.9 Å². The molecule has 0 saturated heterocycles. The number of ketones is 1. The summed E-state index contributed by atoms with van der Waals surface area (Å²) < 4.78 is 0.756. The molecular formula is C12H12BrNO. The van der Waals surface area contributed by atoms with Gasteiger partial charge in [0.25, 0.3) is 0 Å². The van der Waals surface area contributed by atoms with Crippen LogP contribution in [0, 0.1) is 17.2 Å². The molecule has 0 aromatic heterocycles. The number of benzene rings is 1. The Balaban J connectivity index is 2.94. The van der Waals surface area contributed by atoms with Gasteiger partial charge in [0.2, 0.25) is 0 Å². The summed E-state index contributed by atoms with van der Waals surface area (Å²) in [4.78, 5) is 11.9. The van der Waals surface area contributed by atoms with Crippen molar-refractivity contribution in [3.8, 4) is 6.07 Å². The third-order valence-corrected chi connectivity index (χ3v) is 2.88. The Hall–Kier alpha value is -1.14. The van der Waals surface area contributed by atoms with Gasteiger partial charge in [-0.25, -0.2) is 0 Å². The summed E-state index contributed by atoms with van der Waals surface area (Å²) in [6.45, 7) is 1.97. The Morgan fingerprint density at radius 1 is 1.53 bits per heavy atom. The Bertz CT molecular complexity index is 395. The summed E-state index contributed by atoms with van der Waals surface area (Å²) in [5, 5.41) is 8.89. The molecule has 0 N–H and O–H groups in total. The number of Topliss-reactive ketones (excluding diaryl/α,β-unsaturated/α-hetero) is 1. The van der Waals surface area contributed by atoms with Crippen LogP contribution in [0.4, 0.5) is 0 Å². The van der Waals surface area contributed by atoms with Crippen LogP contribution in [0.5, 0.6) is 0 Å². The minimum atomic E-state index is -0.520. The summed E-state index contributed by atoms with van der Waals surface area (Å²) >= 11 is 3.32. The SMILES string of the molecule is CCCC(C#N)C(=O)c1ccccc1Br. The largest absolute Gasteiger partial charge is 0.293 e. The number of carbonyl (C=O) groups is 1. The van der Waals surface area contributed by atoms with Gasteiger partial charge in [-0.2, -0.15) is 5.26 Å². The fraction of sp³-hybridized carbons (Fsp3) is 0.333. The van der Waals surface area contributed by atoms with Crippen LogP contribution in [-0.4, -0.2) is 5.78 Å². The molecule has 1 unspecified atom stereocenters. The zero-order chi connectivity index (χ0) is 11.3. The van der Waals surface area contributed by atoms with Crippen molar-refractivity contribution < 1.29 is 4.79 Å². The Morgan fingerprint density at radius 3 is 2.73 bits per heavy atom. The molecule has 0 aliphatic carbocycles. The number of halogens is 1. The zero-order valence-corrected chi connectivity index (χ0v) is 10.1. The molecule has 0 radical (unpaired) electrons. The average molecular weight is 266 g/mol. The highest BCUT2D eigenvalue weighted by Gasteiger charge is 2.20. The average Bonchev–Trinajstić information content (AvgIpc) is 2.25. The number of hydrogen-bond acceptors (Lipinski definition) is 2. The van der Waals surface area contributed by atoms with Crippen molar-refractivity contribution in [1.82, 2.24) is 0 Å². The fourth-order valence-electron chi connectivity index (χ4n) is 1.39. The van der Waals surface area contributed by atoms with E-state index in [4.69, 9.17) is 5.26 Å². The van der Waals surface area contributed by atoms with Gasteiger partial charge in [-0.15, -0.1) is 0 Å². The van der Waals surface area contributed by atoms with E-state index in [1.54, 1.807) is 12.1 Å². The van der Waals surface area contributed by atoms with Gasteiger partial charge in [0, 0.05) is 10.0 Å². The number of carbonyl (C=O) groups excluding carboxylic acids is 1. The normalized spacial score (nSPS) is 11.8. The van der Waals surface area contributed by atoms with Crippen LogP contribution in [0.2, 0.25) is 0 Å². The summed E-state index contributed by atoms with van der Waals surface area (Å²) in [7, 11) is 0. The lowest BCUT2D eigenvalue weighted by Gasteiger charge is -2.07. The predicted molar refractivity (Wildman–Crippen MR) is 62.5 cm³/mol. The molecule has 15 heavy (non-hydrogen) atoms. The van der Waals surface area contributed by atoms with Gasteiger partial charge in [0.15, 0.2) is 5.78 Å². The van der Waals surface area contributed by atoms with Gasteiger partial charge < -0.3 is 0 Å². The van der Waals surface area contributed by atoms with Gasteiger partial charge in [0.1, 0.15) is 5.92 Å². The van der Waals surface area contributed by atoms with Crippen LogP contribution in [0.25, 0.3) is 0 Å². The van der Waals surface area contributed by atoms with E-state index in [0.29, 0.717) is 12.0 Å². The summed E-state index contributed by atoms with van der Waals surface area (Å²) in [5.41, 5.74) is 0.595. The van der Waals surface area contributed by atoms with Crippen LogP contribution in [0.15, 0.2) is 28.7 Å². The van der Waals surface area contributed by atoms with Gasteiger partial charge in [0.05, 0.1) is 6.07 Å². The van der Waals surface area contributed by atoms with E-state index >= 15 is 0 Å². The summed E-state index contributed by atoms with van der Waals surface area (Å²) in [6, 6.07) is 9.27. The monoisotopic (exact) mass is 265 g/mol. The molecule has 3 heteroatoms. The second kappa shape index (κ2) is 5.67. The van der Waals surface area contributed by atoms with Crippen LogP contribution >= 0.6 is 15.9 Å². The van der Waals surface area contributed by atoms with E-state index in [9.17, 15) is 4.79 Å². The van der Waals surface area contributed by atoms with Crippen molar-refractivity contribution in [1.29, 1.82) is 5.26 Å². The van der Waals surface area contributed by atoms with Gasteiger partial charge in [-0.1, -0.05) is 47.5 Å². The molecule has 0 saturated carbocycles. The minimum absolute atomic E-state index is 0.0909. The standard InChI is InChI=1S/C12H12BrNO/c1-2-5-9(8-14)12(15)10-6-3-4-7-11(10)13/h3-4,6-7,9H,2,5H2,1H3. The molecule has 1 aromatic rings. The van der Waals surface area contributed by atoms with E-state index in [2.05, 4.69) is 22.0 Å². The number of rotatable bonds is 4. The fourth-order valence-corrected chi connectivity index (χ4v) is 1.87. The second-order valence-corrected chi connectivity index (χ2v) is 4.17. The Morgan fingerprint density at radius 2 is 2.20 bits per heavy atom. The second-order valence-electron chi connectivity index (χ2n) is 3.31. The molecule has 0 amide bonds. The van der Waals surface area contributed by atoms with E-state index in [1.807, 2.05) is 19.1 Å². The first kappa shape index (κ1) is 11.9. The third kappa shape index (κ3) is 2.90. The zero-order valence-electron chi connectivity index (χ0n) is 8.53. The molecule has 0 aliphatic heterocycles. The molecular weight excluding hydrogens is 254 g/mol. The maximum atomic E-state index is 11.9. The van der Waals surface area contributed by atoms with Crippen molar-refractivity contribution in [2.45, 2.75) is 19.8 Å². The molecule has 2 nitrogen and oxygen atoms in total. The molecule has 78 valence electrons. The van der Waals surface area contributed by atoms with Gasteiger partial charge in [-0.3, -0.25) is 4.79 Å². The summed E-state index contributed by atoms with van der Waals surface area (Å²) in [5.74, 6) is -0.611. The number of nitrogens with zero attached hydrogens (tertiary/aromatic N) is 1. The lowest BCUT2D eigenvalue weighted by atomic mass is 9.95. The van der Waals surface area contributed by atoms with Crippen molar-refractivity contribution in [2.75, 3.05) is 0 Å². The smallest absolute Gasteiger partial charge is 0.181 e. The first-order chi connectivity index (χ1) is 7.20. The maximum Gasteiger partial charge on any atom is 0.181 e. The van der Waals surface area contributed by atoms with Crippen molar-refractivity contribution in [3.05, 3.63) is 34.3 Å². The molecule has 1 atom stereocenters. The Labute approximate surface area is 98.0 Å². The van der Waals surface area contributed by atoms with Crippen LogP contribution in [0.3, 0.4) is 0 Å². The van der Waals surface area contributed by atoms with E-state index in [1.165, 1.54) is 0 Å². The van der Waals surface area contributed by atoms with E-state index in [-0.39, 0.29) is 5.78 Å². The van der Waals surface area contributed by atoms with Gasteiger partial charge in [-0.05, 0) is 12.5 Å². The Kier molecular flexibility index (Phi) is 4.51. The van der Waals surface area contributed by atoms with Crippen LogP contribution < -0.4 is 0 Å². The van der Waals surface area contributed by atoms with E-state index < -0.39 is 5.92 Å². The molecule has 1 rings (SSSR count). The summed E-state index contributed by atoms with van der Waals surface area (Å²) in [6.07, 6.45) is 1.46. The lowest BCUT2D eigenvalue weighted by Crippen LogP contribution is -2.13. The van der Waals surface area contributed by atoms with Crippen LogP contribution in [0.1, 0.15) is 30.1 Å². The minimum Gasteiger partial charge on any atom is -0.293 e. The molecule has 0 aliphatic rings. The highest BCUT2D eigenvalue weighted by atomic mass is 79.9.